The second-order valence-electron chi connectivity index (χ2n) is 7.23. The Morgan fingerprint density at radius 1 is 1.17 bits per heavy atom. The zero-order valence-corrected chi connectivity index (χ0v) is 16.7. The molecule has 0 radical (unpaired) electrons. The molecule has 1 unspecified atom stereocenters. The van der Waals surface area contributed by atoms with Crippen LogP contribution in [0.25, 0.3) is 0 Å². The van der Waals surface area contributed by atoms with Gasteiger partial charge in [0.05, 0.1) is 32.3 Å². The number of rotatable bonds is 7. The van der Waals surface area contributed by atoms with E-state index in [1.54, 1.807) is 50.4 Å². The SMILES string of the molecule is COc1cccc(C(C)(CC(=O)O)NC(=O)c2ccc(N3CCOCC3)cc2)c1. The first kappa shape index (κ1) is 20.7. The summed E-state index contributed by atoms with van der Waals surface area (Å²) >= 11 is 0. The number of nitrogens with one attached hydrogen (secondary N) is 1. The summed E-state index contributed by atoms with van der Waals surface area (Å²) in [7, 11) is 1.54. The highest BCUT2D eigenvalue weighted by molar-refractivity contribution is 5.95. The topological polar surface area (TPSA) is 88.1 Å². The standard InChI is InChI=1S/C22H26N2O5/c1-22(15-20(25)26,17-4-3-5-19(14-17)28-2)23-21(27)16-6-8-18(9-7-16)24-10-12-29-13-11-24/h3-9,14H,10-13,15H2,1-2H3,(H,23,27)(H,25,26). The van der Waals surface area contributed by atoms with Crippen molar-refractivity contribution in [1.82, 2.24) is 5.32 Å². The van der Waals surface area contributed by atoms with E-state index < -0.39 is 11.5 Å². The number of benzene rings is 2. The van der Waals surface area contributed by atoms with Gasteiger partial charge in [-0.3, -0.25) is 9.59 Å². The zero-order chi connectivity index (χ0) is 20.9. The molecule has 1 heterocycles. The first-order chi connectivity index (χ1) is 13.9. The van der Waals surface area contributed by atoms with Crippen LogP contribution in [0.1, 0.15) is 29.3 Å². The van der Waals surface area contributed by atoms with E-state index in [0.717, 1.165) is 18.8 Å². The third-order valence-electron chi connectivity index (χ3n) is 5.11. The van der Waals surface area contributed by atoms with Crippen LogP contribution in [0.4, 0.5) is 5.69 Å². The van der Waals surface area contributed by atoms with Crippen LogP contribution in [-0.2, 0) is 15.1 Å². The fourth-order valence-electron chi connectivity index (χ4n) is 3.46. The lowest BCUT2D eigenvalue weighted by atomic mass is 9.88. The molecule has 7 heteroatoms. The quantitative estimate of drug-likeness (QED) is 0.746. The van der Waals surface area contributed by atoms with Gasteiger partial charge in [0.15, 0.2) is 0 Å². The van der Waals surface area contributed by atoms with Gasteiger partial charge in [-0.05, 0) is 48.9 Å². The number of amides is 1. The Labute approximate surface area is 170 Å². The molecule has 1 fully saturated rings. The van der Waals surface area contributed by atoms with E-state index in [0.29, 0.717) is 30.1 Å². The maximum Gasteiger partial charge on any atom is 0.306 e. The van der Waals surface area contributed by atoms with Gasteiger partial charge in [0.1, 0.15) is 5.75 Å². The third-order valence-corrected chi connectivity index (χ3v) is 5.11. The molecule has 2 N–H and O–H groups in total. The minimum atomic E-state index is -1.08. The smallest absolute Gasteiger partial charge is 0.306 e. The van der Waals surface area contributed by atoms with Crippen molar-refractivity contribution in [2.24, 2.45) is 0 Å². The van der Waals surface area contributed by atoms with Gasteiger partial charge in [0, 0.05) is 24.3 Å². The molecular formula is C22H26N2O5. The predicted molar refractivity (Wildman–Crippen MR) is 110 cm³/mol. The van der Waals surface area contributed by atoms with E-state index in [1.807, 2.05) is 12.1 Å². The van der Waals surface area contributed by atoms with Crippen LogP contribution in [-0.4, -0.2) is 50.4 Å². The molecule has 2 aromatic rings. The van der Waals surface area contributed by atoms with Gasteiger partial charge >= 0.3 is 5.97 Å². The van der Waals surface area contributed by atoms with Gasteiger partial charge in [-0.25, -0.2) is 0 Å². The largest absolute Gasteiger partial charge is 0.497 e. The molecule has 7 nitrogen and oxygen atoms in total. The highest BCUT2D eigenvalue weighted by Gasteiger charge is 2.32. The van der Waals surface area contributed by atoms with Crippen LogP contribution >= 0.6 is 0 Å². The van der Waals surface area contributed by atoms with Crippen molar-refractivity contribution < 1.29 is 24.2 Å². The number of carbonyl (C=O) groups is 2. The molecule has 154 valence electrons. The van der Waals surface area contributed by atoms with Gasteiger partial charge in [-0.15, -0.1) is 0 Å². The Morgan fingerprint density at radius 3 is 2.48 bits per heavy atom. The van der Waals surface area contributed by atoms with Crippen LogP contribution in [0.5, 0.6) is 5.75 Å². The van der Waals surface area contributed by atoms with E-state index in [2.05, 4.69) is 10.2 Å². The average molecular weight is 398 g/mol. The summed E-state index contributed by atoms with van der Waals surface area (Å²) < 4.78 is 10.6. The lowest BCUT2D eigenvalue weighted by molar-refractivity contribution is -0.138. The number of hydrogen-bond acceptors (Lipinski definition) is 5. The van der Waals surface area contributed by atoms with Crippen molar-refractivity contribution in [2.75, 3.05) is 38.3 Å². The van der Waals surface area contributed by atoms with Gasteiger partial charge in [0.25, 0.3) is 5.91 Å². The number of aliphatic carboxylic acids is 1. The van der Waals surface area contributed by atoms with Gasteiger partial charge in [-0.2, -0.15) is 0 Å². The van der Waals surface area contributed by atoms with Crippen molar-refractivity contribution in [3.8, 4) is 5.75 Å². The first-order valence-corrected chi connectivity index (χ1v) is 9.53. The summed E-state index contributed by atoms with van der Waals surface area (Å²) in [5.74, 6) is -0.730. The molecular weight excluding hydrogens is 372 g/mol. The molecule has 2 aromatic carbocycles. The minimum absolute atomic E-state index is 0.252. The Balaban J connectivity index is 1.79. The number of morpholine rings is 1. The summed E-state index contributed by atoms with van der Waals surface area (Å²) in [6.07, 6.45) is -0.252. The van der Waals surface area contributed by atoms with Crippen molar-refractivity contribution in [1.29, 1.82) is 0 Å². The fraction of sp³-hybridized carbons (Fsp3) is 0.364. The minimum Gasteiger partial charge on any atom is -0.497 e. The summed E-state index contributed by atoms with van der Waals surface area (Å²) in [6.45, 7) is 4.72. The second kappa shape index (κ2) is 8.96. The molecule has 0 saturated carbocycles. The molecule has 29 heavy (non-hydrogen) atoms. The van der Waals surface area contributed by atoms with Gasteiger partial charge in [-0.1, -0.05) is 12.1 Å². The molecule has 0 aromatic heterocycles. The van der Waals surface area contributed by atoms with Crippen molar-refractivity contribution in [3.63, 3.8) is 0 Å². The number of nitrogens with zero attached hydrogens (tertiary/aromatic N) is 1. The van der Waals surface area contributed by atoms with E-state index in [1.165, 1.54) is 0 Å². The molecule has 3 rings (SSSR count). The molecule has 1 aliphatic heterocycles. The van der Waals surface area contributed by atoms with Crippen LogP contribution in [0.3, 0.4) is 0 Å². The van der Waals surface area contributed by atoms with Crippen molar-refractivity contribution in [2.45, 2.75) is 18.9 Å². The summed E-state index contributed by atoms with van der Waals surface area (Å²) in [4.78, 5) is 26.6. The molecule has 1 aliphatic rings. The lowest BCUT2D eigenvalue weighted by Gasteiger charge is -2.31. The van der Waals surface area contributed by atoms with Gasteiger partial charge < -0.3 is 24.8 Å². The maximum atomic E-state index is 12.9. The summed E-state index contributed by atoms with van der Waals surface area (Å²) in [5, 5.41) is 12.3. The zero-order valence-electron chi connectivity index (χ0n) is 16.7. The normalized spacial score (nSPS) is 16.0. The Morgan fingerprint density at radius 2 is 1.86 bits per heavy atom. The highest BCUT2D eigenvalue weighted by atomic mass is 16.5. The monoisotopic (exact) mass is 398 g/mol. The number of methoxy groups -OCH3 is 1. The number of hydrogen-bond donors (Lipinski definition) is 2. The molecule has 0 spiro atoms. The highest BCUT2D eigenvalue weighted by Crippen LogP contribution is 2.28. The van der Waals surface area contributed by atoms with Crippen LogP contribution < -0.4 is 15.0 Å². The molecule has 1 saturated heterocycles. The lowest BCUT2D eigenvalue weighted by Crippen LogP contribution is -2.45. The summed E-state index contributed by atoms with van der Waals surface area (Å²) in [5.41, 5.74) is 1.09. The number of ether oxygens (including phenoxy) is 2. The Kier molecular flexibility index (Phi) is 6.39. The van der Waals surface area contributed by atoms with Crippen molar-refractivity contribution >= 4 is 17.6 Å². The number of carboxylic acid groups (broad SMARTS) is 1. The van der Waals surface area contributed by atoms with Crippen LogP contribution in [0.2, 0.25) is 0 Å². The second-order valence-corrected chi connectivity index (χ2v) is 7.23. The molecule has 1 atom stereocenters. The van der Waals surface area contributed by atoms with Crippen LogP contribution in [0.15, 0.2) is 48.5 Å². The maximum absolute atomic E-state index is 12.9. The first-order valence-electron chi connectivity index (χ1n) is 9.53. The Hall–Kier alpha value is -3.06. The Bertz CT molecular complexity index is 862. The van der Waals surface area contributed by atoms with Gasteiger partial charge in [0.2, 0.25) is 0 Å². The summed E-state index contributed by atoms with van der Waals surface area (Å²) in [6, 6.07) is 14.4. The van der Waals surface area contributed by atoms with E-state index in [9.17, 15) is 14.7 Å². The predicted octanol–water partition coefficient (Wildman–Crippen LogP) is 2.65. The van der Waals surface area contributed by atoms with E-state index in [-0.39, 0.29) is 12.3 Å². The fourth-order valence-corrected chi connectivity index (χ4v) is 3.46. The number of anilines is 1. The number of carbonyl (C=O) groups excluding carboxylic acids is 1. The van der Waals surface area contributed by atoms with Crippen molar-refractivity contribution in [3.05, 3.63) is 59.7 Å². The molecule has 0 aliphatic carbocycles. The number of carboxylic acids is 1. The molecule has 1 amide bonds. The average Bonchev–Trinajstić information content (AvgIpc) is 2.74. The molecule has 0 bridgehead atoms. The van der Waals surface area contributed by atoms with Crippen LogP contribution in [0, 0.1) is 0 Å². The third kappa shape index (κ3) is 5.06. The van der Waals surface area contributed by atoms with E-state index >= 15 is 0 Å². The van der Waals surface area contributed by atoms with E-state index in [4.69, 9.17) is 9.47 Å².